The third kappa shape index (κ3) is 4.12. The van der Waals surface area contributed by atoms with Gasteiger partial charge in [0.2, 0.25) is 0 Å². The highest BCUT2D eigenvalue weighted by atomic mass is 19.1. The van der Waals surface area contributed by atoms with Crippen LogP contribution in [-0.2, 0) is 11.2 Å². The summed E-state index contributed by atoms with van der Waals surface area (Å²) < 4.78 is 23.4. The summed E-state index contributed by atoms with van der Waals surface area (Å²) in [5.41, 5.74) is 0. The average molecular weight is 277 g/mol. The van der Waals surface area contributed by atoms with Crippen molar-refractivity contribution >= 4 is 5.91 Å². The molecule has 106 valence electrons. The summed E-state index contributed by atoms with van der Waals surface area (Å²) in [5.74, 6) is 0.621. The maximum absolute atomic E-state index is 12.9. The molecule has 5 heteroatoms. The Bertz CT molecular complexity index is 554. The van der Waals surface area contributed by atoms with Crippen LogP contribution in [0.1, 0.15) is 5.76 Å². The van der Waals surface area contributed by atoms with Crippen molar-refractivity contribution in [3.63, 3.8) is 0 Å². The van der Waals surface area contributed by atoms with E-state index in [0.29, 0.717) is 18.7 Å². The topological polar surface area (TPSA) is 42.7 Å². The summed E-state index contributed by atoms with van der Waals surface area (Å²) in [4.78, 5) is 13.4. The lowest BCUT2D eigenvalue weighted by molar-refractivity contribution is -0.132. The van der Waals surface area contributed by atoms with Crippen LogP contribution >= 0.6 is 0 Å². The molecule has 0 spiro atoms. The van der Waals surface area contributed by atoms with Gasteiger partial charge >= 0.3 is 0 Å². The zero-order chi connectivity index (χ0) is 14.4. The van der Waals surface area contributed by atoms with Crippen molar-refractivity contribution < 1.29 is 18.3 Å². The smallest absolute Gasteiger partial charge is 0.260 e. The zero-order valence-electron chi connectivity index (χ0n) is 11.2. The minimum absolute atomic E-state index is 0.113. The molecular weight excluding hydrogens is 261 g/mol. The maximum Gasteiger partial charge on any atom is 0.260 e. The van der Waals surface area contributed by atoms with Gasteiger partial charge in [-0.2, -0.15) is 0 Å². The van der Waals surface area contributed by atoms with E-state index in [0.717, 1.165) is 5.76 Å². The standard InChI is InChI=1S/C15H16FNO3/c1-17(8-7-13-6-3-9-19-13)15(18)11-20-14-5-2-4-12(16)10-14/h2-6,9-10H,7-8,11H2,1H3. The number of hydrogen-bond acceptors (Lipinski definition) is 3. The predicted octanol–water partition coefficient (Wildman–Crippen LogP) is 2.50. The first-order chi connectivity index (χ1) is 9.65. The Morgan fingerprint density at radius 1 is 1.35 bits per heavy atom. The van der Waals surface area contributed by atoms with Crippen molar-refractivity contribution in [2.75, 3.05) is 20.2 Å². The number of hydrogen-bond donors (Lipinski definition) is 0. The monoisotopic (exact) mass is 277 g/mol. The van der Waals surface area contributed by atoms with Gasteiger partial charge in [0.1, 0.15) is 17.3 Å². The number of likely N-dealkylation sites (N-methyl/N-ethyl adjacent to an activating group) is 1. The SMILES string of the molecule is CN(CCc1ccco1)C(=O)COc1cccc(F)c1. The molecule has 1 aromatic carbocycles. The van der Waals surface area contributed by atoms with Crippen LogP contribution in [0.3, 0.4) is 0 Å². The van der Waals surface area contributed by atoms with Gasteiger partial charge < -0.3 is 14.1 Å². The Balaban J connectivity index is 1.76. The van der Waals surface area contributed by atoms with E-state index in [4.69, 9.17) is 9.15 Å². The van der Waals surface area contributed by atoms with Gasteiger partial charge in [-0.25, -0.2) is 4.39 Å². The summed E-state index contributed by atoms with van der Waals surface area (Å²) in [7, 11) is 1.69. The van der Waals surface area contributed by atoms with Crippen molar-refractivity contribution in [3.05, 3.63) is 54.2 Å². The van der Waals surface area contributed by atoms with Crippen LogP contribution in [0.15, 0.2) is 47.1 Å². The number of furan rings is 1. The van der Waals surface area contributed by atoms with Crippen molar-refractivity contribution in [1.29, 1.82) is 0 Å². The van der Waals surface area contributed by atoms with Crippen LogP contribution in [-0.4, -0.2) is 31.0 Å². The Kier molecular flexibility index (Phi) is 4.76. The molecule has 0 aliphatic heterocycles. The molecule has 4 nitrogen and oxygen atoms in total. The molecule has 1 amide bonds. The maximum atomic E-state index is 12.9. The third-order valence-electron chi connectivity index (χ3n) is 2.86. The Morgan fingerprint density at radius 3 is 2.90 bits per heavy atom. The van der Waals surface area contributed by atoms with Crippen LogP contribution in [0.4, 0.5) is 4.39 Å². The molecule has 1 aromatic heterocycles. The molecule has 0 aliphatic rings. The normalized spacial score (nSPS) is 10.3. The Morgan fingerprint density at radius 2 is 2.20 bits per heavy atom. The molecule has 0 fully saturated rings. The summed E-state index contributed by atoms with van der Waals surface area (Å²) in [5, 5.41) is 0. The van der Waals surface area contributed by atoms with Gasteiger partial charge in [0, 0.05) is 26.1 Å². The first-order valence-electron chi connectivity index (χ1n) is 6.30. The predicted molar refractivity (Wildman–Crippen MR) is 71.9 cm³/mol. The molecule has 0 saturated carbocycles. The second kappa shape index (κ2) is 6.75. The van der Waals surface area contributed by atoms with Crippen LogP contribution in [0.5, 0.6) is 5.75 Å². The van der Waals surface area contributed by atoms with Crippen molar-refractivity contribution in [2.45, 2.75) is 6.42 Å². The van der Waals surface area contributed by atoms with Gasteiger partial charge in [-0.05, 0) is 24.3 Å². The van der Waals surface area contributed by atoms with Crippen molar-refractivity contribution in [1.82, 2.24) is 4.90 Å². The number of carbonyl (C=O) groups is 1. The molecule has 2 rings (SSSR count). The van der Waals surface area contributed by atoms with Gasteiger partial charge in [-0.1, -0.05) is 6.07 Å². The molecule has 0 aliphatic carbocycles. The summed E-state index contributed by atoms with van der Waals surface area (Å²) >= 11 is 0. The fourth-order valence-corrected chi connectivity index (χ4v) is 1.67. The largest absolute Gasteiger partial charge is 0.484 e. The summed E-state index contributed by atoms with van der Waals surface area (Å²) in [6.07, 6.45) is 2.25. The van der Waals surface area contributed by atoms with E-state index >= 15 is 0 Å². The number of amides is 1. The van der Waals surface area contributed by atoms with Gasteiger partial charge in [-0.15, -0.1) is 0 Å². The number of rotatable bonds is 6. The molecule has 0 atom stereocenters. The second-order valence-corrected chi connectivity index (χ2v) is 4.39. The second-order valence-electron chi connectivity index (χ2n) is 4.39. The summed E-state index contributed by atoms with van der Waals surface area (Å²) in [6, 6.07) is 9.39. The molecule has 2 aromatic rings. The molecule has 0 saturated heterocycles. The highest BCUT2D eigenvalue weighted by Gasteiger charge is 2.10. The van der Waals surface area contributed by atoms with Gasteiger partial charge in [0.15, 0.2) is 6.61 Å². The van der Waals surface area contributed by atoms with Gasteiger partial charge in [-0.3, -0.25) is 4.79 Å². The Hall–Kier alpha value is -2.30. The molecule has 1 heterocycles. The summed E-state index contributed by atoms with van der Waals surface area (Å²) in [6.45, 7) is 0.428. The van der Waals surface area contributed by atoms with E-state index in [2.05, 4.69) is 0 Å². The number of ether oxygens (including phenoxy) is 1. The van der Waals surface area contributed by atoms with Crippen LogP contribution < -0.4 is 4.74 Å². The quantitative estimate of drug-likeness (QED) is 0.814. The molecule has 20 heavy (non-hydrogen) atoms. The van der Waals surface area contributed by atoms with Crippen molar-refractivity contribution in [2.24, 2.45) is 0 Å². The molecule has 0 bridgehead atoms. The van der Waals surface area contributed by atoms with Gasteiger partial charge in [0.25, 0.3) is 5.91 Å². The number of halogens is 1. The van der Waals surface area contributed by atoms with Crippen LogP contribution in [0.2, 0.25) is 0 Å². The number of carbonyl (C=O) groups excluding carboxylic acids is 1. The number of nitrogens with zero attached hydrogens (tertiary/aromatic N) is 1. The molecule has 0 radical (unpaired) electrons. The van der Waals surface area contributed by atoms with Crippen LogP contribution in [0.25, 0.3) is 0 Å². The van der Waals surface area contributed by atoms with E-state index in [1.54, 1.807) is 24.3 Å². The minimum Gasteiger partial charge on any atom is -0.484 e. The van der Waals surface area contributed by atoms with Crippen LogP contribution in [0, 0.1) is 5.82 Å². The lowest BCUT2D eigenvalue weighted by Crippen LogP contribution is -2.33. The minimum atomic E-state index is -0.388. The lowest BCUT2D eigenvalue weighted by Gasteiger charge is -2.16. The highest BCUT2D eigenvalue weighted by molar-refractivity contribution is 5.77. The highest BCUT2D eigenvalue weighted by Crippen LogP contribution is 2.11. The Labute approximate surface area is 116 Å². The third-order valence-corrected chi connectivity index (χ3v) is 2.86. The zero-order valence-corrected chi connectivity index (χ0v) is 11.2. The molecule has 0 N–H and O–H groups in total. The van der Waals surface area contributed by atoms with E-state index in [1.165, 1.54) is 18.2 Å². The van der Waals surface area contributed by atoms with E-state index < -0.39 is 0 Å². The van der Waals surface area contributed by atoms with Crippen molar-refractivity contribution in [3.8, 4) is 5.75 Å². The number of benzene rings is 1. The first kappa shape index (κ1) is 14.1. The van der Waals surface area contributed by atoms with Gasteiger partial charge in [0.05, 0.1) is 6.26 Å². The lowest BCUT2D eigenvalue weighted by atomic mass is 10.3. The van der Waals surface area contributed by atoms with E-state index in [1.807, 2.05) is 12.1 Å². The fourth-order valence-electron chi connectivity index (χ4n) is 1.67. The molecular formula is C15H16FNO3. The molecule has 0 unspecified atom stereocenters. The first-order valence-corrected chi connectivity index (χ1v) is 6.30. The van der Waals surface area contributed by atoms with E-state index in [9.17, 15) is 9.18 Å². The fraction of sp³-hybridized carbons (Fsp3) is 0.267. The average Bonchev–Trinajstić information content (AvgIpc) is 2.95. The van der Waals surface area contributed by atoms with E-state index in [-0.39, 0.29) is 18.3 Å².